The Labute approximate surface area is 105 Å². The second-order valence-electron chi connectivity index (χ2n) is 3.89. The highest BCUT2D eigenvalue weighted by molar-refractivity contribution is 5.90. The van der Waals surface area contributed by atoms with Crippen LogP contribution in [0.1, 0.15) is 0 Å². The van der Waals surface area contributed by atoms with Crippen LogP contribution in [0.5, 0.6) is 0 Å². The summed E-state index contributed by atoms with van der Waals surface area (Å²) in [6.45, 7) is 0. The van der Waals surface area contributed by atoms with Crippen LogP contribution >= 0.6 is 0 Å². The minimum absolute atomic E-state index is 0.873. The van der Waals surface area contributed by atoms with E-state index in [1.807, 2.05) is 54.6 Å². The third-order valence-corrected chi connectivity index (χ3v) is 2.66. The molecule has 0 fully saturated rings. The lowest BCUT2D eigenvalue weighted by Gasteiger charge is -2.10. The lowest BCUT2D eigenvalue weighted by Crippen LogP contribution is -2.09. The third kappa shape index (κ3) is 2.08. The zero-order valence-corrected chi connectivity index (χ0v) is 9.67. The molecule has 0 aliphatic heterocycles. The maximum atomic E-state index is 4.08. The van der Waals surface area contributed by atoms with E-state index in [9.17, 15) is 0 Å². The molecular formula is C14H12N4. The molecule has 0 radical (unpaired) electrons. The molecule has 0 unspecified atom stereocenters. The monoisotopic (exact) mass is 236 g/mol. The molecule has 0 saturated heterocycles. The summed E-state index contributed by atoms with van der Waals surface area (Å²) in [4.78, 5) is 0. The van der Waals surface area contributed by atoms with Gasteiger partial charge < -0.3 is 5.43 Å². The SMILES string of the molecule is c1ccc(NNc2cnnc3ccccc23)cc1. The van der Waals surface area contributed by atoms with E-state index >= 15 is 0 Å². The number of hydrogen-bond acceptors (Lipinski definition) is 4. The molecule has 18 heavy (non-hydrogen) atoms. The Morgan fingerprint density at radius 3 is 2.44 bits per heavy atom. The van der Waals surface area contributed by atoms with E-state index < -0.39 is 0 Å². The maximum absolute atomic E-state index is 4.08. The number of rotatable bonds is 3. The number of fused-ring (bicyclic) bond motifs is 1. The second kappa shape index (κ2) is 4.71. The van der Waals surface area contributed by atoms with E-state index in [4.69, 9.17) is 0 Å². The molecular weight excluding hydrogens is 224 g/mol. The van der Waals surface area contributed by atoms with Gasteiger partial charge in [-0.2, -0.15) is 10.2 Å². The van der Waals surface area contributed by atoms with Crippen LogP contribution in [-0.4, -0.2) is 10.2 Å². The fourth-order valence-corrected chi connectivity index (χ4v) is 1.77. The summed E-state index contributed by atoms with van der Waals surface area (Å²) in [7, 11) is 0. The molecule has 0 atom stereocenters. The first-order valence-electron chi connectivity index (χ1n) is 5.71. The largest absolute Gasteiger partial charge is 0.301 e. The van der Waals surface area contributed by atoms with Crippen molar-refractivity contribution in [2.24, 2.45) is 0 Å². The van der Waals surface area contributed by atoms with E-state index in [0.717, 1.165) is 22.3 Å². The van der Waals surface area contributed by atoms with Gasteiger partial charge in [-0.3, -0.25) is 5.43 Å². The molecule has 0 spiro atoms. The Morgan fingerprint density at radius 1 is 0.778 bits per heavy atom. The fraction of sp³-hybridized carbons (Fsp3) is 0. The van der Waals surface area contributed by atoms with Crippen molar-refractivity contribution in [2.45, 2.75) is 0 Å². The summed E-state index contributed by atoms with van der Waals surface area (Å²) < 4.78 is 0. The Morgan fingerprint density at radius 2 is 1.56 bits per heavy atom. The Hall–Kier alpha value is -2.62. The van der Waals surface area contributed by atoms with Gasteiger partial charge in [0.2, 0.25) is 0 Å². The Balaban J connectivity index is 1.87. The first-order valence-corrected chi connectivity index (χ1v) is 5.71. The van der Waals surface area contributed by atoms with E-state index in [0.29, 0.717) is 0 Å². The van der Waals surface area contributed by atoms with Gasteiger partial charge in [-0.1, -0.05) is 36.4 Å². The summed E-state index contributed by atoms with van der Waals surface area (Å²) >= 11 is 0. The van der Waals surface area contributed by atoms with Crippen LogP contribution in [0.15, 0.2) is 60.8 Å². The number of hydrogen-bond donors (Lipinski definition) is 2. The van der Waals surface area contributed by atoms with Gasteiger partial charge in [-0.15, -0.1) is 0 Å². The molecule has 3 rings (SSSR count). The normalized spacial score (nSPS) is 10.2. The highest BCUT2D eigenvalue weighted by Crippen LogP contribution is 2.19. The number of benzene rings is 2. The van der Waals surface area contributed by atoms with Crippen molar-refractivity contribution >= 4 is 22.3 Å². The van der Waals surface area contributed by atoms with Crippen LogP contribution in [0.2, 0.25) is 0 Å². The minimum atomic E-state index is 0.873. The molecule has 1 aromatic heterocycles. The minimum Gasteiger partial charge on any atom is -0.301 e. The van der Waals surface area contributed by atoms with Gasteiger partial charge in [-0.25, -0.2) is 0 Å². The smallest absolute Gasteiger partial charge is 0.0951 e. The van der Waals surface area contributed by atoms with Crippen LogP contribution in [0.25, 0.3) is 10.9 Å². The fourth-order valence-electron chi connectivity index (χ4n) is 1.77. The van der Waals surface area contributed by atoms with Gasteiger partial charge in [-0.05, 0) is 18.2 Å². The van der Waals surface area contributed by atoms with E-state index in [1.165, 1.54) is 0 Å². The standard InChI is InChI=1S/C14H12N4/c1-2-6-11(7-3-1)16-18-14-10-15-17-13-9-5-4-8-12(13)14/h1-10,16H,(H,17,18). The van der Waals surface area contributed by atoms with Crippen molar-refractivity contribution in [3.63, 3.8) is 0 Å². The van der Waals surface area contributed by atoms with E-state index in [-0.39, 0.29) is 0 Å². The first kappa shape index (κ1) is 10.5. The predicted octanol–water partition coefficient (Wildman–Crippen LogP) is 3.07. The first-order chi connectivity index (χ1) is 8.93. The molecule has 1 heterocycles. The zero-order chi connectivity index (χ0) is 12.2. The Bertz CT molecular complexity index is 647. The van der Waals surface area contributed by atoms with Crippen molar-refractivity contribution in [3.8, 4) is 0 Å². The zero-order valence-electron chi connectivity index (χ0n) is 9.67. The molecule has 2 aromatic carbocycles. The number of aromatic nitrogens is 2. The third-order valence-electron chi connectivity index (χ3n) is 2.66. The summed E-state index contributed by atoms with van der Waals surface area (Å²) in [5.74, 6) is 0. The molecule has 0 aliphatic rings. The van der Waals surface area contributed by atoms with Gasteiger partial charge in [0.05, 0.1) is 23.1 Å². The van der Waals surface area contributed by atoms with Gasteiger partial charge in [0.15, 0.2) is 0 Å². The number of para-hydroxylation sites is 1. The van der Waals surface area contributed by atoms with E-state index in [1.54, 1.807) is 6.20 Å². The summed E-state index contributed by atoms with van der Waals surface area (Å²) in [6.07, 6.45) is 1.71. The van der Waals surface area contributed by atoms with Crippen molar-refractivity contribution in [1.82, 2.24) is 10.2 Å². The molecule has 4 nitrogen and oxygen atoms in total. The van der Waals surface area contributed by atoms with Gasteiger partial charge in [0.1, 0.15) is 0 Å². The molecule has 0 bridgehead atoms. The van der Waals surface area contributed by atoms with Crippen molar-refractivity contribution < 1.29 is 0 Å². The lowest BCUT2D eigenvalue weighted by atomic mass is 10.2. The molecule has 2 N–H and O–H groups in total. The number of anilines is 2. The number of hydrazine groups is 1. The quantitative estimate of drug-likeness (QED) is 0.686. The highest BCUT2D eigenvalue weighted by atomic mass is 15.4. The van der Waals surface area contributed by atoms with Crippen molar-refractivity contribution in [3.05, 3.63) is 60.8 Å². The molecule has 88 valence electrons. The van der Waals surface area contributed by atoms with Gasteiger partial charge in [0, 0.05) is 5.39 Å². The van der Waals surface area contributed by atoms with Crippen molar-refractivity contribution in [2.75, 3.05) is 10.9 Å². The predicted molar refractivity (Wildman–Crippen MR) is 73.2 cm³/mol. The average Bonchev–Trinajstić information content (AvgIpc) is 2.46. The lowest BCUT2D eigenvalue weighted by molar-refractivity contribution is 1.07. The average molecular weight is 236 g/mol. The van der Waals surface area contributed by atoms with Crippen LogP contribution in [-0.2, 0) is 0 Å². The molecule has 3 aromatic rings. The summed E-state index contributed by atoms with van der Waals surface area (Å²) in [6, 6.07) is 17.8. The summed E-state index contributed by atoms with van der Waals surface area (Å²) in [5, 5.41) is 9.09. The van der Waals surface area contributed by atoms with Crippen molar-refractivity contribution in [1.29, 1.82) is 0 Å². The second-order valence-corrected chi connectivity index (χ2v) is 3.89. The molecule has 0 saturated carbocycles. The number of nitrogens with one attached hydrogen (secondary N) is 2. The highest BCUT2D eigenvalue weighted by Gasteiger charge is 2.00. The van der Waals surface area contributed by atoms with Crippen LogP contribution in [0.4, 0.5) is 11.4 Å². The van der Waals surface area contributed by atoms with Crippen LogP contribution in [0, 0.1) is 0 Å². The Kier molecular flexibility index (Phi) is 2.75. The molecule has 0 aliphatic carbocycles. The maximum Gasteiger partial charge on any atom is 0.0951 e. The van der Waals surface area contributed by atoms with Gasteiger partial charge >= 0.3 is 0 Å². The molecule has 4 heteroatoms. The van der Waals surface area contributed by atoms with Crippen LogP contribution in [0.3, 0.4) is 0 Å². The topological polar surface area (TPSA) is 49.8 Å². The van der Waals surface area contributed by atoms with E-state index in [2.05, 4.69) is 21.0 Å². The number of nitrogens with zero attached hydrogens (tertiary/aromatic N) is 2. The molecule has 0 amide bonds. The summed E-state index contributed by atoms with van der Waals surface area (Å²) in [5.41, 5.74) is 9.06. The van der Waals surface area contributed by atoms with Crippen LogP contribution < -0.4 is 10.9 Å². The van der Waals surface area contributed by atoms with Gasteiger partial charge in [0.25, 0.3) is 0 Å².